The number of rotatable bonds is 1. The van der Waals surface area contributed by atoms with Gasteiger partial charge in [0.25, 0.3) is 0 Å². The molecule has 0 N–H and O–H groups in total. The monoisotopic (exact) mass is 288 g/mol. The Morgan fingerprint density at radius 1 is 0.810 bits per heavy atom. The van der Waals surface area contributed by atoms with Crippen molar-refractivity contribution in [2.75, 3.05) is 13.1 Å². The number of hydrogen-bond acceptors (Lipinski definition) is 2. The average Bonchev–Trinajstić information content (AvgIpc) is 2.56. The van der Waals surface area contributed by atoms with E-state index >= 15 is 0 Å². The molecule has 1 amide bonds. The van der Waals surface area contributed by atoms with Crippen molar-refractivity contribution in [1.82, 2.24) is 4.90 Å². The predicted molar refractivity (Wildman–Crippen MR) is 82.5 cm³/mol. The fraction of sp³-hybridized carbons (Fsp3) is 0.889. The third kappa shape index (κ3) is 2.82. The third-order valence-electron chi connectivity index (χ3n) is 6.36. The summed E-state index contributed by atoms with van der Waals surface area (Å²) in [4.78, 5) is 14.9. The smallest absolute Gasteiger partial charge is 0.243 e. The number of amides is 1. The van der Waals surface area contributed by atoms with Crippen LogP contribution in [0.15, 0.2) is 0 Å². The van der Waals surface area contributed by atoms with Gasteiger partial charge in [-0.1, -0.05) is 38.5 Å². The first-order valence-corrected chi connectivity index (χ1v) is 8.91. The number of likely N-dealkylation sites (tertiary alicyclic amines) is 1. The first-order valence-electron chi connectivity index (χ1n) is 8.91. The van der Waals surface area contributed by atoms with Crippen LogP contribution in [0.3, 0.4) is 0 Å². The van der Waals surface area contributed by atoms with Gasteiger partial charge in [-0.15, -0.1) is 0 Å². The molecule has 0 unspecified atom stereocenters. The predicted octanol–water partition coefficient (Wildman–Crippen LogP) is 4.03. The molecule has 0 atom stereocenters. The molecule has 0 aromatic rings. The SMILES string of the molecule is N#CC1(C(=O)N2CCC3(CCCCC3)CC2)CCCCC1. The van der Waals surface area contributed by atoms with Crippen molar-refractivity contribution < 1.29 is 4.79 Å². The summed E-state index contributed by atoms with van der Waals surface area (Å²) in [5, 5.41) is 9.59. The van der Waals surface area contributed by atoms with Crippen LogP contribution in [0.25, 0.3) is 0 Å². The standard InChI is InChI=1S/C18H28N2O/c19-15-18(9-5-2-6-10-18)16(21)20-13-11-17(12-14-20)7-3-1-4-8-17/h1-14H2. The van der Waals surface area contributed by atoms with Crippen LogP contribution in [0, 0.1) is 22.2 Å². The quantitative estimate of drug-likeness (QED) is 0.731. The van der Waals surface area contributed by atoms with E-state index in [1.165, 1.54) is 51.4 Å². The van der Waals surface area contributed by atoms with Crippen LogP contribution in [0.2, 0.25) is 0 Å². The van der Waals surface area contributed by atoms with Gasteiger partial charge in [0.1, 0.15) is 5.41 Å². The zero-order valence-electron chi connectivity index (χ0n) is 13.2. The lowest BCUT2D eigenvalue weighted by molar-refractivity contribution is -0.143. The largest absolute Gasteiger partial charge is 0.341 e. The Kier molecular flexibility index (Phi) is 4.24. The Balaban J connectivity index is 1.63. The highest BCUT2D eigenvalue weighted by Gasteiger charge is 2.45. The van der Waals surface area contributed by atoms with Gasteiger partial charge in [0.2, 0.25) is 5.91 Å². The first-order chi connectivity index (χ1) is 10.2. The number of hydrogen-bond donors (Lipinski definition) is 0. The van der Waals surface area contributed by atoms with Crippen molar-refractivity contribution in [3.8, 4) is 6.07 Å². The van der Waals surface area contributed by atoms with Gasteiger partial charge < -0.3 is 4.90 Å². The fourth-order valence-electron chi connectivity index (χ4n) is 4.82. The second-order valence-corrected chi connectivity index (χ2v) is 7.61. The summed E-state index contributed by atoms with van der Waals surface area (Å²) in [5.41, 5.74) is -0.156. The van der Waals surface area contributed by atoms with Crippen LogP contribution in [-0.4, -0.2) is 23.9 Å². The fourth-order valence-corrected chi connectivity index (χ4v) is 4.82. The molecular formula is C18H28N2O. The second-order valence-electron chi connectivity index (χ2n) is 7.61. The van der Waals surface area contributed by atoms with Gasteiger partial charge >= 0.3 is 0 Å². The third-order valence-corrected chi connectivity index (χ3v) is 6.36. The summed E-state index contributed by atoms with van der Waals surface area (Å²) in [6.45, 7) is 1.78. The van der Waals surface area contributed by atoms with Crippen molar-refractivity contribution in [2.45, 2.75) is 77.0 Å². The molecule has 0 bridgehead atoms. The van der Waals surface area contributed by atoms with Gasteiger partial charge in [0, 0.05) is 13.1 Å². The van der Waals surface area contributed by atoms with Gasteiger partial charge in [-0.25, -0.2) is 0 Å². The van der Waals surface area contributed by atoms with E-state index in [2.05, 4.69) is 6.07 Å². The maximum atomic E-state index is 12.9. The molecule has 116 valence electrons. The summed E-state index contributed by atoms with van der Waals surface area (Å²) < 4.78 is 0. The molecule has 2 aliphatic carbocycles. The Morgan fingerprint density at radius 2 is 1.33 bits per heavy atom. The molecule has 0 aromatic carbocycles. The molecule has 1 saturated heterocycles. The van der Waals surface area contributed by atoms with Crippen molar-refractivity contribution in [3.63, 3.8) is 0 Å². The van der Waals surface area contributed by atoms with Crippen molar-refractivity contribution >= 4 is 5.91 Å². The molecule has 1 spiro atoms. The Labute approximate surface area is 128 Å². The Hall–Kier alpha value is -1.04. The Morgan fingerprint density at radius 3 is 1.86 bits per heavy atom. The minimum absolute atomic E-state index is 0.148. The molecular weight excluding hydrogens is 260 g/mol. The summed E-state index contributed by atoms with van der Waals surface area (Å²) in [7, 11) is 0. The number of nitriles is 1. The number of carbonyl (C=O) groups excluding carboxylic acids is 1. The lowest BCUT2D eigenvalue weighted by Gasteiger charge is -2.46. The summed E-state index contributed by atoms with van der Waals surface area (Å²) in [6, 6.07) is 2.39. The van der Waals surface area contributed by atoms with E-state index in [-0.39, 0.29) is 5.91 Å². The topological polar surface area (TPSA) is 44.1 Å². The van der Waals surface area contributed by atoms with Crippen LogP contribution in [0.1, 0.15) is 77.0 Å². The molecule has 3 heteroatoms. The molecule has 3 fully saturated rings. The van der Waals surface area contributed by atoms with E-state index in [1.807, 2.05) is 4.90 Å². The van der Waals surface area contributed by atoms with E-state index in [0.717, 1.165) is 38.8 Å². The van der Waals surface area contributed by atoms with Crippen molar-refractivity contribution in [1.29, 1.82) is 5.26 Å². The van der Waals surface area contributed by atoms with Gasteiger partial charge in [-0.05, 0) is 43.9 Å². The van der Waals surface area contributed by atoms with Gasteiger partial charge in [-0.3, -0.25) is 4.79 Å². The van der Waals surface area contributed by atoms with Gasteiger partial charge in [0.05, 0.1) is 6.07 Å². The molecule has 1 aliphatic heterocycles. The highest BCUT2D eigenvalue weighted by Crippen LogP contribution is 2.46. The zero-order valence-corrected chi connectivity index (χ0v) is 13.2. The maximum Gasteiger partial charge on any atom is 0.243 e. The van der Waals surface area contributed by atoms with Gasteiger partial charge in [0.15, 0.2) is 0 Å². The normalized spacial score (nSPS) is 28.0. The summed E-state index contributed by atoms with van der Waals surface area (Å²) in [6.07, 6.45) is 14.0. The average molecular weight is 288 g/mol. The first kappa shape index (κ1) is 14.9. The highest BCUT2D eigenvalue weighted by atomic mass is 16.2. The van der Waals surface area contributed by atoms with Crippen molar-refractivity contribution in [2.24, 2.45) is 10.8 Å². The zero-order chi connectivity index (χ0) is 14.8. The molecule has 3 aliphatic rings. The lowest BCUT2D eigenvalue weighted by atomic mass is 9.67. The maximum absolute atomic E-state index is 12.9. The second kappa shape index (κ2) is 5.99. The van der Waals surface area contributed by atoms with Crippen LogP contribution in [0.4, 0.5) is 0 Å². The molecule has 1 heterocycles. The molecule has 3 rings (SSSR count). The van der Waals surface area contributed by atoms with Crippen LogP contribution < -0.4 is 0 Å². The molecule has 0 radical (unpaired) electrons. The molecule has 0 aromatic heterocycles. The number of piperidine rings is 1. The van der Waals surface area contributed by atoms with E-state index in [1.54, 1.807) is 0 Å². The van der Waals surface area contributed by atoms with Crippen LogP contribution >= 0.6 is 0 Å². The van der Waals surface area contributed by atoms with Gasteiger partial charge in [-0.2, -0.15) is 5.26 Å². The van der Waals surface area contributed by atoms with Crippen LogP contribution in [0.5, 0.6) is 0 Å². The lowest BCUT2D eigenvalue weighted by Crippen LogP contribution is -2.50. The van der Waals surface area contributed by atoms with E-state index in [9.17, 15) is 10.1 Å². The number of nitrogens with zero attached hydrogens (tertiary/aromatic N) is 2. The summed E-state index contributed by atoms with van der Waals surface area (Å²) >= 11 is 0. The minimum atomic E-state index is -0.685. The number of carbonyl (C=O) groups is 1. The summed E-state index contributed by atoms with van der Waals surface area (Å²) in [5.74, 6) is 0.148. The molecule has 2 saturated carbocycles. The minimum Gasteiger partial charge on any atom is -0.341 e. The van der Waals surface area contributed by atoms with E-state index in [4.69, 9.17) is 0 Å². The van der Waals surface area contributed by atoms with E-state index < -0.39 is 5.41 Å². The highest BCUT2D eigenvalue weighted by molar-refractivity contribution is 5.85. The van der Waals surface area contributed by atoms with Crippen LogP contribution in [-0.2, 0) is 4.79 Å². The van der Waals surface area contributed by atoms with E-state index in [0.29, 0.717) is 5.41 Å². The van der Waals surface area contributed by atoms with Crippen molar-refractivity contribution in [3.05, 3.63) is 0 Å². The molecule has 3 nitrogen and oxygen atoms in total. The Bertz CT molecular complexity index is 415. The molecule has 21 heavy (non-hydrogen) atoms.